The van der Waals surface area contributed by atoms with Gasteiger partial charge < -0.3 is 14.6 Å². The molecule has 1 aliphatic carbocycles. The number of aromatic nitrogens is 2. The average molecular weight is 352 g/mol. The highest BCUT2D eigenvalue weighted by Gasteiger charge is 2.43. The van der Waals surface area contributed by atoms with E-state index in [9.17, 15) is 4.79 Å². The molecule has 1 aromatic heterocycles. The van der Waals surface area contributed by atoms with Crippen molar-refractivity contribution in [2.45, 2.75) is 24.9 Å². The number of imidazole rings is 1. The molecule has 1 saturated carbocycles. The largest absolute Gasteiger partial charge is 0.378 e. The molecular formula is C20H24N4O2. The summed E-state index contributed by atoms with van der Waals surface area (Å²) in [6.45, 7) is 4.06. The smallest absolute Gasteiger partial charge is 0.254 e. The Labute approximate surface area is 153 Å². The summed E-state index contributed by atoms with van der Waals surface area (Å²) in [5.74, 6) is 1.63. The van der Waals surface area contributed by atoms with Gasteiger partial charge in [-0.2, -0.15) is 0 Å². The van der Waals surface area contributed by atoms with Crippen LogP contribution in [0.15, 0.2) is 36.7 Å². The Kier molecular flexibility index (Phi) is 4.02. The van der Waals surface area contributed by atoms with E-state index in [1.807, 2.05) is 29.2 Å². The number of benzene rings is 1. The van der Waals surface area contributed by atoms with Gasteiger partial charge in [-0.1, -0.05) is 18.2 Å². The number of morpholine rings is 1. The third-order valence-electron chi connectivity index (χ3n) is 5.92. The monoisotopic (exact) mass is 352 g/mol. The number of nitrogens with one attached hydrogen (secondary N) is 1. The molecule has 0 spiro atoms. The number of rotatable bonds is 3. The van der Waals surface area contributed by atoms with E-state index in [2.05, 4.69) is 14.9 Å². The predicted octanol–water partition coefficient (Wildman–Crippen LogP) is 2.01. The van der Waals surface area contributed by atoms with E-state index in [1.165, 1.54) is 12.8 Å². The van der Waals surface area contributed by atoms with Crippen LogP contribution in [-0.2, 0) is 4.74 Å². The average Bonchev–Trinajstić information content (AvgIpc) is 3.40. The van der Waals surface area contributed by atoms with Crippen molar-refractivity contribution in [2.24, 2.45) is 5.92 Å². The van der Waals surface area contributed by atoms with Gasteiger partial charge in [0.25, 0.3) is 5.91 Å². The van der Waals surface area contributed by atoms with E-state index in [4.69, 9.17) is 4.74 Å². The highest BCUT2D eigenvalue weighted by atomic mass is 16.5. The Morgan fingerprint density at radius 3 is 2.88 bits per heavy atom. The van der Waals surface area contributed by atoms with Gasteiger partial charge >= 0.3 is 0 Å². The molecule has 26 heavy (non-hydrogen) atoms. The molecule has 2 saturated heterocycles. The second kappa shape index (κ2) is 6.52. The van der Waals surface area contributed by atoms with Crippen LogP contribution in [0.25, 0.3) is 11.4 Å². The van der Waals surface area contributed by atoms with E-state index >= 15 is 0 Å². The van der Waals surface area contributed by atoms with Crippen molar-refractivity contribution in [3.63, 3.8) is 0 Å². The second-order valence-electron chi connectivity index (χ2n) is 7.57. The summed E-state index contributed by atoms with van der Waals surface area (Å²) in [5, 5.41) is 0. The van der Waals surface area contributed by atoms with Crippen molar-refractivity contribution >= 4 is 5.91 Å². The van der Waals surface area contributed by atoms with Crippen LogP contribution in [0.4, 0.5) is 0 Å². The quantitative estimate of drug-likeness (QED) is 0.918. The van der Waals surface area contributed by atoms with Gasteiger partial charge in [0, 0.05) is 43.6 Å². The van der Waals surface area contributed by atoms with E-state index < -0.39 is 0 Å². The molecule has 2 aromatic rings. The number of aromatic amines is 1. The Morgan fingerprint density at radius 1 is 1.19 bits per heavy atom. The van der Waals surface area contributed by atoms with Gasteiger partial charge in [0.05, 0.1) is 24.8 Å². The third-order valence-corrected chi connectivity index (χ3v) is 5.92. The first kappa shape index (κ1) is 16.0. The van der Waals surface area contributed by atoms with Gasteiger partial charge in [-0.25, -0.2) is 4.98 Å². The molecule has 0 unspecified atom stereocenters. The van der Waals surface area contributed by atoms with Crippen molar-refractivity contribution in [3.8, 4) is 11.4 Å². The van der Waals surface area contributed by atoms with E-state index in [0.29, 0.717) is 17.6 Å². The van der Waals surface area contributed by atoms with Crippen LogP contribution in [0.5, 0.6) is 0 Å². The number of amides is 1. The van der Waals surface area contributed by atoms with E-state index in [0.717, 1.165) is 50.2 Å². The molecule has 1 amide bonds. The van der Waals surface area contributed by atoms with Gasteiger partial charge in [-0.3, -0.25) is 9.69 Å². The minimum atomic E-state index is 0.0881. The fourth-order valence-corrected chi connectivity index (χ4v) is 4.41. The molecule has 5 rings (SSSR count). The van der Waals surface area contributed by atoms with Crippen LogP contribution in [0, 0.1) is 5.92 Å². The zero-order chi connectivity index (χ0) is 17.5. The highest BCUT2D eigenvalue weighted by Crippen LogP contribution is 2.38. The van der Waals surface area contributed by atoms with Crippen LogP contribution in [0.3, 0.4) is 0 Å². The fraction of sp³-hybridized carbons (Fsp3) is 0.500. The van der Waals surface area contributed by atoms with Gasteiger partial charge in [0.1, 0.15) is 5.82 Å². The zero-order valence-corrected chi connectivity index (χ0v) is 14.8. The molecule has 0 radical (unpaired) electrons. The maximum atomic E-state index is 13.2. The first-order chi connectivity index (χ1) is 12.8. The number of carbonyl (C=O) groups excluding carboxylic acids is 1. The van der Waals surface area contributed by atoms with Crippen LogP contribution < -0.4 is 0 Å². The van der Waals surface area contributed by atoms with Crippen molar-refractivity contribution in [1.29, 1.82) is 0 Å². The molecule has 3 aliphatic rings. The molecular weight excluding hydrogens is 328 g/mol. The first-order valence-corrected chi connectivity index (χ1v) is 9.53. The highest BCUT2D eigenvalue weighted by molar-refractivity contribution is 6.00. The molecule has 2 atom stereocenters. The van der Waals surface area contributed by atoms with Crippen molar-refractivity contribution in [1.82, 2.24) is 19.8 Å². The van der Waals surface area contributed by atoms with Crippen LogP contribution in [0.1, 0.15) is 23.2 Å². The lowest BCUT2D eigenvalue weighted by atomic mass is 10.0. The Bertz CT molecular complexity index is 787. The summed E-state index contributed by atoms with van der Waals surface area (Å²) in [7, 11) is 0. The molecule has 6 heteroatoms. The summed E-state index contributed by atoms with van der Waals surface area (Å²) in [6, 6.07) is 8.60. The summed E-state index contributed by atoms with van der Waals surface area (Å²) in [5.41, 5.74) is 1.58. The normalized spacial score (nSPS) is 26.5. The predicted molar refractivity (Wildman–Crippen MR) is 97.8 cm³/mol. The molecule has 2 aliphatic heterocycles. The molecule has 1 aromatic carbocycles. The SMILES string of the molecule is O=C(c1ccccc1-c1ncc[nH]1)N1CCN2[C@@H](COC[C@@H]2C2CC2)C1. The lowest BCUT2D eigenvalue weighted by molar-refractivity contribution is -0.0816. The van der Waals surface area contributed by atoms with Crippen LogP contribution in [0.2, 0.25) is 0 Å². The molecule has 6 nitrogen and oxygen atoms in total. The van der Waals surface area contributed by atoms with Gasteiger partial charge in [-0.15, -0.1) is 0 Å². The molecule has 3 heterocycles. The minimum Gasteiger partial charge on any atom is -0.378 e. The number of H-pyrrole nitrogens is 1. The van der Waals surface area contributed by atoms with Gasteiger partial charge in [0.15, 0.2) is 0 Å². The summed E-state index contributed by atoms with van der Waals surface area (Å²) in [4.78, 5) is 25.3. The fourth-order valence-electron chi connectivity index (χ4n) is 4.41. The lowest BCUT2D eigenvalue weighted by Gasteiger charge is -2.48. The van der Waals surface area contributed by atoms with Crippen molar-refractivity contribution in [2.75, 3.05) is 32.8 Å². The minimum absolute atomic E-state index is 0.0881. The molecule has 1 N–H and O–H groups in total. The topological polar surface area (TPSA) is 61.5 Å². The third kappa shape index (κ3) is 2.83. The number of piperazine rings is 1. The lowest BCUT2D eigenvalue weighted by Crippen LogP contribution is -2.63. The number of nitrogens with zero attached hydrogens (tertiary/aromatic N) is 3. The van der Waals surface area contributed by atoms with E-state index in [-0.39, 0.29) is 5.91 Å². The zero-order valence-electron chi connectivity index (χ0n) is 14.8. The maximum absolute atomic E-state index is 13.2. The Hall–Kier alpha value is -2.18. The summed E-state index contributed by atoms with van der Waals surface area (Å²) < 4.78 is 5.87. The van der Waals surface area contributed by atoms with Crippen molar-refractivity contribution in [3.05, 3.63) is 42.2 Å². The Balaban J connectivity index is 1.36. The number of carbonyl (C=O) groups is 1. The summed E-state index contributed by atoms with van der Waals surface area (Å²) >= 11 is 0. The molecule has 0 bridgehead atoms. The van der Waals surface area contributed by atoms with Crippen LogP contribution in [-0.4, -0.2) is 70.6 Å². The van der Waals surface area contributed by atoms with Gasteiger partial charge in [0.2, 0.25) is 0 Å². The standard InChI is InChI=1S/C20H24N4O2/c25-20(17-4-2-1-3-16(17)19-21-7-8-22-19)23-9-10-24-15(11-23)12-26-13-18(24)14-5-6-14/h1-4,7-8,14-15,18H,5-6,9-13H2,(H,21,22)/t15-,18-/m1/s1. The number of hydrogen-bond acceptors (Lipinski definition) is 4. The number of hydrogen-bond donors (Lipinski definition) is 1. The molecule has 136 valence electrons. The summed E-state index contributed by atoms with van der Waals surface area (Å²) in [6.07, 6.45) is 6.16. The van der Waals surface area contributed by atoms with Crippen LogP contribution >= 0.6 is 0 Å². The van der Waals surface area contributed by atoms with Gasteiger partial charge in [-0.05, 0) is 24.8 Å². The van der Waals surface area contributed by atoms with E-state index in [1.54, 1.807) is 12.4 Å². The number of fused-ring (bicyclic) bond motifs is 1. The second-order valence-corrected chi connectivity index (χ2v) is 7.57. The number of ether oxygens (including phenoxy) is 1. The Morgan fingerprint density at radius 2 is 2.08 bits per heavy atom. The molecule has 3 fully saturated rings. The maximum Gasteiger partial charge on any atom is 0.254 e. The first-order valence-electron chi connectivity index (χ1n) is 9.53. The van der Waals surface area contributed by atoms with Crippen molar-refractivity contribution < 1.29 is 9.53 Å².